The Morgan fingerprint density at radius 1 is 1.24 bits per heavy atom. The molecule has 1 heterocycles. The zero-order chi connectivity index (χ0) is 15.9. The van der Waals surface area contributed by atoms with Crippen molar-refractivity contribution in [1.82, 2.24) is 15.0 Å². The van der Waals surface area contributed by atoms with E-state index in [1.807, 2.05) is 0 Å². The Hall–Kier alpha value is -1.23. The number of hydrogen-bond acceptors (Lipinski definition) is 5. The molecule has 0 bridgehead atoms. The molecule has 120 valence electrons. The molecule has 0 amide bonds. The molecule has 0 spiro atoms. The molecule has 0 unspecified atom stereocenters. The summed E-state index contributed by atoms with van der Waals surface area (Å²) in [5.41, 5.74) is -1.14. The van der Waals surface area contributed by atoms with Crippen LogP contribution in [0.15, 0.2) is 23.2 Å². The summed E-state index contributed by atoms with van der Waals surface area (Å²) < 4.78 is 67.6. The van der Waals surface area contributed by atoms with Gasteiger partial charge < -0.3 is 10.1 Å². The highest BCUT2D eigenvalue weighted by atomic mass is 32.2. The molecule has 0 radical (unpaired) electrons. The first-order chi connectivity index (χ1) is 9.77. The molecule has 10 heteroatoms. The summed E-state index contributed by atoms with van der Waals surface area (Å²) in [4.78, 5) is 2.80. The largest absolute Gasteiger partial charge is 0.433 e. The van der Waals surface area contributed by atoms with E-state index in [4.69, 9.17) is 4.74 Å². The number of pyridine rings is 1. The number of ether oxygens (including phenoxy) is 1. The van der Waals surface area contributed by atoms with Crippen molar-refractivity contribution in [2.45, 2.75) is 11.1 Å². The maximum absolute atomic E-state index is 12.3. The van der Waals surface area contributed by atoms with Gasteiger partial charge in [-0.05, 0) is 12.1 Å². The molecule has 0 saturated heterocycles. The second-order valence-corrected chi connectivity index (χ2v) is 5.78. The predicted octanol–water partition coefficient (Wildman–Crippen LogP) is 0.615. The number of nitrogens with one attached hydrogen (secondary N) is 2. The number of hydrogen-bond donors (Lipinski definition) is 2. The summed E-state index contributed by atoms with van der Waals surface area (Å²) in [6, 6.07) is 1.50. The Labute approximate surface area is 120 Å². The zero-order valence-corrected chi connectivity index (χ0v) is 12.1. The first-order valence-corrected chi connectivity index (χ1v) is 7.48. The maximum atomic E-state index is 12.3. The number of aromatic nitrogens is 1. The van der Waals surface area contributed by atoms with Crippen LogP contribution < -0.4 is 10.0 Å². The van der Waals surface area contributed by atoms with E-state index in [1.165, 1.54) is 0 Å². The van der Waals surface area contributed by atoms with Gasteiger partial charge in [0.25, 0.3) is 0 Å². The molecule has 6 nitrogen and oxygen atoms in total. The molecule has 0 aliphatic rings. The van der Waals surface area contributed by atoms with Crippen LogP contribution >= 0.6 is 0 Å². The first kappa shape index (κ1) is 17.8. The van der Waals surface area contributed by atoms with E-state index in [9.17, 15) is 21.6 Å². The van der Waals surface area contributed by atoms with Gasteiger partial charge in [0.1, 0.15) is 10.6 Å². The average Bonchev–Trinajstić information content (AvgIpc) is 2.42. The van der Waals surface area contributed by atoms with Crippen molar-refractivity contribution in [3.05, 3.63) is 24.0 Å². The standard InChI is InChI=1S/C11H16F3N3O3S/c1-20-7-6-15-4-5-17-21(18,19)9-2-3-10(16-8-9)11(12,13)14/h2-3,8,15,17H,4-7H2,1H3. The third-order valence-corrected chi connectivity index (χ3v) is 3.86. The molecular formula is C11H16F3N3O3S. The van der Waals surface area contributed by atoms with Crippen molar-refractivity contribution in [2.75, 3.05) is 33.4 Å². The molecule has 0 atom stereocenters. The van der Waals surface area contributed by atoms with E-state index in [2.05, 4.69) is 15.0 Å². The lowest BCUT2D eigenvalue weighted by Gasteiger charge is -2.09. The van der Waals surface area contributed by atoms with Gasteiger partial charge in [0.05, 0.1) is 6.61 Å². The van der Waals surface area contributed by atoms with Crippen LogP contribution in [0.1, 0.15) is 5.69 Å². The minimum atomic E-state index is -4.60. The van der Waals surface area contributed by atoms with Crippen LogP contribution in [0.5, 0.6) is 0 Å². The van der Waals surface area contributed by atoms with E-state index in [-0.39, 0.29) is 11.4 Å². The Morgan fingerprint density at radius 2 is 1.95 bits per heavy atom. The highest BCUT2D eigenvalue weighted by Crippen LogP contribution is 2.27. The summed E-state index contributed by atoms with van der Waals surface area (Å²) in [5, 5.41) is 2.92. The van der Waals surface area contributed by atoms with Crippen LogP contribution in [-0.2, 0) is 20.9 Å². The SMILES string of the molecule is COCCNCCNS(=O)(=O)c1ccc(C(F)(F)F)nc1. The number of nitrogens with zero attached hydrogens (tertiary/aromatic N) is 1. The summed E-state index contributed by atoms with van der Waals surface area (Å²) in [6.07, 6.45) is -3.91. The summed E-state index contributed by atoms with van der Waals surface area (Å²) in [6.45, 7) is 1.54. The van der Waals surface area contributed by atoms with E-state index < -0.39 is 21.9 Å². The monoisotopic (exact) mass is 327 g/mol. The van der Waals surface area contributed by atoms with Crippen molar-refractivity contribution in [1.29, 1.82) is 0 Å². The smallest absolute Gasteiger partial charge is 0.383 e. The minimum absolute atomic E-state index is 0.104. The van der Waals surface area contributed by atoms with Crippen LogP contribution in [0, 0.1) is 0 Å². The van der Waals surface area contributed by atoms with Crippen LogP contribution in [0.25, 0.3) is 0 Å². The van der Waals surface area contributed by atoms with Gasteiger partial charge in [0.2, 0.25) is 10.0 Å². The first-order valence-electron chi connectivity index (χ1n) is 6.00. The van der Waals surface area contributed by atoms with Gasteiger partial charge >= 0.3 is 6.18 Å². The molecule has 0 fully saturated rings. The molecule has 0 aromatic carbocycles. The number of alkyl halides is 3. The Bertz CT molecular complexity index is 532. The molecule has 1 aromatic heterocycles. The van der Waals surface area contributed by atoms with Gasteiger partial charge in [-0.15, -0.1) is 0 Å². The fourth-order valence-electron chi connectivity index (χ4n) is 1.36. The lowest BCUT2D eigenvalue weighted by atomic mass is 10.3. The Kier molecular flexibility index (Phi) is 6.52. The van der Waals surface area contributed by atoms with E-state index in [0.29, 0.717) is 32.0 Å². The van der Waals surface area contributed by atoms with E-state index in [0.717, 1.165) is 6.07 Å². The number of halogens is 3. The summed E-state index contributed by atoms with van der Waals surface area (Å²) in [5.74, 6) is 0. The minimum Gasteiger partial charge on any atom is -0.383 e. The molecule has 1 aromatic rings. The van der Waals surface area contributed by atoms with E-state index >= 15 is 0 Å². The van der Waals surface area contributed by atoms with Gasteiger partial charge in [-0.25, -0.2) is 13.1 Å². The molecular weight excluding hydrogens is 311 g/mol. The zero-order valence-electron chi connectivity index (χ0n) is 11.3. The third kappa shape index (κ3) is 5.96. The molecule has 2 N–H and O–H groups in total. The second kappa shape index (κ2) is 7.69. The fourth-order valence-corrected chi connectivity index (χ4v) is 2.34. The number of methoxy groups -OCH3 is 1. The highest BCUT2D eigenvalue weighted by Gasteiger charge is 2.32. The fraction of sp³-hybridized carbons (Fsp3) is 0.545. The number of sulfonamides is 1. The predicted molar refractivity (Wildman–Crippen MR) is 69.2 cm³/mol. The lowest BCUT2D eigenvalue weighted by Crippen LogP contribution is -2.33. The number of rotatable bonds is 8. The van der Waals surface area contributed by atoms with Crippen molar-refractivity contribution >= 4 is 10.0 Å². The topological polar surface area (TPSA) is 80.3 Å². The van der Waals surface area contributed by atoms with Gasteiger partial charge in [0.15, 0.2) is 0 Å². The molecule has 0 saturated carbocycles. The van der Waals surface area contributed by atoms with Gasteiger partial charge in [-0.1, -0.05) is 0 Å². The summed E-state index contributed by atoms with van der Waals surface area (Å²) in [7, 11) is -2.32. The molecule has 1 rings (SSSR count). The second-order valence-electron chi connectivity index (χ2n) is 4.02. The maximum Gasteiger partial charge on any atom is 0.433 e. The lowest BCUT2D eigenvalue weighted by molar-refractivity contribution is -0.141. The average molecular weight is 327 g/mol. The Balaban J connectivity index is 2.54. The van der Waals surface area contributed by atoms with Crippen LogP contribution in [-0.4, -0.2) is 46.8 Å². The van der Waals surface area contributed by atoms with Crippen LogP contribution in [0.2, 0.25) is 0 Å². The highest BCUT2D eigenvalue weighted by molar-refractivity contribution is 7.89. The van der Waals surface area contributed by atoms with E-state index in [1.54, 1.807) is 7.11 Å². The van der Waals surface area contributed by atoms with Gasteiger partial charge in [-0.3, -0.25) is 4.98 Å². The molecule has 0 aliphatic heterocycles. The quantitative estimate of drug-likeness (QED) is 0.684. The molecule has 21 heavy (non-hydrogen) atoms. The van der Waals surface area contributed by atoms with Gasteiger partial charge in [-0.2, -0.15) is 13.2 Å². The summed E-state index contributed by atoms with van der Waals surface area (Å²) >= 11 is 0. The normalized spacial score (nSPS) is 12.6. The third-order valence-electron chi connectivity index (χ3n) is 2.41. The van der Waals surface area contributed by atoms with Crippen molar-refractivity contribution in [2.24, 2.45) is 0 Å². The van der Waals surface area contributed by atoms with Crippen molar-refractivity contribution in [3.63, 3.8) is 0 Å². The van der Waals surface area contributed by atoms with Crippen molar-refractivity contribution in [3.8, 4) is 0 Å². The van der Waals surface area contributed by atoms with Gasteiger partial charge in [0, 0.05) is 32.9 Å². The Morgan fingerprint density at radius 3 is 2.48 bits per heavy atom. The van der Waals surface area contributed by atoms with Crippen LogP contribution in [0.3, 0.4) is 0 Å². The molecule has 0 aliphatic carbocycles. The van der Waals surface area contributed by atoms with Crippen molar-refractivity contribution < 1.29 is 26.3 Å². The van der Waals surface area contributed by atoms with Crippen LogP contribution in [0.4, 0.5) is 13.2 Å².